The minimum atomic E-state index is -0.0527. The van der Waals surface area contributed by atoms with Crippen LogP contribution in [-0.2, 0) is 0 Å². The van der Waals surface area contributed by atoms with Crippen LogP contribution < -0.4 is 5.32 Å². The maximum atomic E-state index is 9.71. The molecule has 1 aliphatic heterocycles. The van der Waals surface area contributed by atoms with E-state index in [1.165, 1.54) is 70.9 Å². The number of rotatable bonds is 7. The maximum Gasteiger partial charge on any atom is 0.0610 e. The first-order chi connectivity index (χ1) is 10.2. The fourth-order valence-corrected chi connectivity index (χ4v) is 4.60. The minimum Gasteiger partial charge on any atom is -0.394 e. The Hall–Kier alpha value is -0.120. The van der Waals surface area contributed by atoms with Crippen molar-refractivity contribution in [3.63, 3.8) is 0 Å². The number of likely N-dealkylation sites (tertiary alicyclic amines) is 1. The van der Waals surface area contributed by atoms with Gasteiger partial charge in [-0.15, -0.1) is 0 Å². The van der Waals surface area contributed by atoms with Crippen molar-refractivity contribution in [3.05, 3.63) is 0 Å². The lowest BCUT2D eigenvalue weighted by molar-refractivity contribution is 0.0558. The molecule has 2 N–H and O–H groups in total. The topological polar surface area (TPSA) is 35.5 Å². The van der Waals surface area contributed by atoms with E-state index in [9.17, 15) is 5.11 Å². The van der Waals surface area contributed by atoms with Crippen LogP contribution in [0.3, 0.4) is 0 Å². The molecule has 0 radical (unpaired) electrons. The molecule has 3 heteroatoms. The highest BCUT2D eigenvalue weighted by Crippen LogP contribution is 2.35. The second-order valence-corrected chi connectivity index (χ2v) is 8.03. The van der Waals surface area contributed by atoms with Crippen LogP contribution in [0.2, 0.25) is 0 Å². The molecule has 0 bridgehead atoms. The third-order valence-electron chi connectivity index (χ3n) is 6.01. The van der Waals surface area contributed by atoms with E-state index < -0.39 is 0 Å². The van der Waals surface area contributed by atoms with Crippen LogP contribution in [0.15, 0.2) is 0 Å². The highest BCUT2D eigenvalue weighted by atomic mass is 16.3. The van der Waals surface area contributed by atoms with Gasteiger partial charge in [0.15, 0.2) is 0 Å². The molecule has 3 nitrogen and oxygen atoms in total. The Balaban J connectivity index is 1.45. The Morgan fingerprint density at radius 2 is 1.86 bits per heavy atom. The summed E-state index contributed by atoms with van der Waals surface area (Å²) < 4.78 is 0. The zero-order valence-corrected chi connectivity index (χ0v) is 13.8. The number of hydrogen-bond acceptors (Lipinski definition) is 3. The van der Waals surface area contributed by atoms with Gasteiger partial charge in [-0.2, -0.15) is 0 Å². The van der Waals surface area contributed by atoms with Gasteiger partial charge in [-0.25, -0.2) is 0 Å². The van der Waals surface area contributed by atoms with Crippen LogP contribution in [-0.4, -0.2) is 47.3 Å². The summed E-state index contributed by atoms with van der Waals surface area (Å²) >= 11 is 0. The van der Waals surface area contributed by atoms with Crippen molar-refractivity contribution in [1.82, 2.24) is 10.2 Å². The van der Waals surface area contributed by atoms with Gasteiger partial charge in [-0.1, -0.05) is 12.8 Å². The summed E-state index contributed by atoms with van der Waals surface area (Å²) in [6.07, 6.45) is 13.6. The molecule has 2 saturated carbocycles. The van der Waals surface area contributed by atoms with Crippen LogP contribution in [0.4, 0.5) is 0 Å². The summed E-state index contributed by atoms with van der Waals surface area (Å²) in [4.78, 5) is 2.78. The number of aliphatic hydroxyl groups is 1. The molecule has 0 spiro atoms. The molecule has 3 fully saturated rings. The summed E-state index contributed by atoms with van der Waals surface area (Å²) in [5, 5.41) is 13.4. The summed E-state index contributed by atoms with van der Waals surface area (Å²) in [5.41, 5.74) is -0.0527. The number of aliphatic hydroxyl groups excluding tert-OH is 1. The van der Waals surface area contributed by atoms with Crippen molar-refractivity contribution in [2.75, 3.05) is 19.7 Å². The fraction of sp³-hybridized carbons (Fsp3) is 1.00. The van der Waals surface area contributed by atoms with Gasteiger partial charge < -0.3 is 15.3 Å². The lowest BCUT2D eigenvalue weighted by Gasteiger charge is -2.44. The normalized spacial score (nSPS) is 33.4. The van der Waals surface area contributed by atoms with Crippen LogP contribution in [0.5, 0.6) is 0 Å². The number of nitrogens with one attached hydrogen (secondary N) is 1. The molecule has 3 rings (SSSR count). The van der Waals surface area contributed by atoms with E-state index >= 15 is 0 Å². The van der Waals surface area contributed by atoms with E-state index in [1.54, 1.807) is 0 Å². The molecule has 1 unspecified atom stereocenters. The van der Waals surface area contributed by atoms with Crippen molar-refractivity contribution in [2.24, 2.45) is 5.92 Å². The van der Waals surface area contributed by atoms with Crippen LogP contribution in [0, 0.1) is 5.92 Å². The van der Waals surface area contributed by atoms with E-state index in [0.717, 1.165) is 18.4 Å². The van der Waals surface area contributed by atoms with E-state index in [2.05, 4.69) is 17.1 Å². The SMILES string of the molecule is CC(CO)(CCCN1CCC[C@H]2CCCC[C@H]21)NC1CC1. The van der Waals surface area contributed by atoms with E-state index in [-0.39, 0.29) is 12.1 Å². The molecule has 0 aromatic heterocycles. The number of piperidine rings is 1. The molecule has 21 heavy (non-hydrogen) atoms. The Bertz CT molecular complexity index is 329. The van der Waals surface area contributed by atoms with Gasteiger partial charge in [0.2, 0.25) is 0 Å². The molecule has 3 aliphatic rings. The van der Waals surface area contributed by atoms with Crippen molar-refractivity contribution in [1.29, 1.82) is 0 Å². The molecule has 2 aliphatic carbocycles. The van der Waals surface area contributed by atoms with Crippen molar-refractivity contribution < 1.29 is 5.11 Å². The summed E-state index contributed by atoms with van der Waals surface area (Å²) in [5.74, 6) is 0.987. The van der Waals surface area contributed by atoms with E-state index in [0.29, 0.717) is 6.04 Å². The molecule has 0 aromatic carbocycles. The minimum absolute atomic E-state index is 0.0527. The zero-order valence-electron chi connectivity index (χ0n) is 13.8. The molecule has 0 aromatic rings. The van der Waals surface area contributed by atoms with Gasteiger partial charge in [-0.3, -0.25) is 0 Å². The van der Waals surface area contributed by atoms with Crippen molar-refractivity contribution >= 4 is 0 Å². The van der Waals surface area contributed by atoms with Gasteiger partial charge in [-0.05, 0) is 77.3 Å². The average Bonchev–Trinajstić information content (AvgIpc) is 3.31. The lowest BCUT2D eigenvalue weighted by atomic mass is 9.78. The van der Waals surface area contributed by atoms with Crippen LogP contribution >= 0.6 is 0 Å². The first-order valence-corrected chi connectivity index (χ1v) is 9.33. The second kappa shape index (κ2) is 6.97. The quantitative estimate of drug-likeness (QED) is 0.758. The summed E-state index contributed by atoms with van der Waals surface area (Å²) in [7, 11) is 0. The van der Waals surface area contributed by atoms with E-state index in [4.69, 9.17) is 0 Å². The van der Waals surface area contributed by atoms with Crippen LogP contribution in [0.1, 0.15) is 71.1 Å². The summed E-state index contributed by atoms with van der Waals surface area (Å²) in [6, 6.07) is 1.56. The predicted molar refractivity (Wildman–Crippen MR) is 87.4 cm³/mol. The van der Waals surface area contributed by atoms with Crippen molar-refractivity contribution in [2.45, 2.75) is 88.8 Å². The van der Waals surface area contributed by atoms with Gasteiger partial charge in [0.05, 0.1) is 6.61 Å². The van der Waals surface area contributed by atoms with Gasteiger partial charge in [0.25, 0.3) is 0 Å². The largest absolute Gasteiger partial charge is 0.394 e. The number of nitrogens with zero attached hydrogens (tertiary/aromatic N) is 1. The Morgan fingerprint density at radius 1 is 1.10 bits per heavy atom. The first kappa shape index (κ1) is 15.8. The van der Waals surface area contributed by atoms with Gasteiger partial charge >= 0.3 is 0 Å². The second-order valence-electron chi connectivity index (χ2n) is 8.03. The van der Waals surface area contributed by atoms with Gasteiger partial charge in [0, 0.05) is 17.6 Å². The molecule has 1 heterocycles. The smallest absolute Gasteiger partial charge is 0.0610 e. The number of fused-ring (bicyclic) bond motifs is 1. The molecular weight excluding hydrogens is 260 g/mol. The molecule has 3 atom stereocenters. The third-order valence-corrected chi connectivity index (χ3v) is 6.01. The third kappa shape index (κ3) is 4.20. The molecular formula is C18H34N2O. The molecule has 0 amide bonds. The predicted octanol–water partition coefficient (Wildman–Crippen LogP) is 2.92. The molecule has 122 valence electrons. The maximum absolute atomic E-state index is 9.71. The molecule has 1 saturated heterocycles. The Labute approximate surface area is 130 Å². The fourth-order valence-electron chi connectivity index (χ4n) is 4.60. The first-order valence-electron chi connectivity index (χ1n) is 9.33. The Morgan fingerprint density at radius 3 is 2.62 bits per heavy atom. The monoisotopic (exact) mass is 294 g/mol. The van der Waals surface area contributed by atoms with E-state index in [1.807, 2.05) is 0 Å². The lowest BCUT2D eigenvalue weighted by Crippen LogP contribution is -2.49. The van der Waals surface area contributed by atoms with Crippen molar-refractivity contribution in [3.8, 4) is 0 Å². The standard InChI is InChI=1S/C18H34N2O/c1-18(14-21,19-16-9-10-16)11-5-13-20-12-4-7-15-6-2-3-8-17(15)20/h15-17,19,21H,2-14H2,1H3/t15-,17-,18?/m1/s1. The highest BCUT2D eigenvalue weighted by molar-refractivity contribution is 4.93. The Kier molecular flexibility index (Phi) is 5.23. The zero-order chi connectivity index (χ0) is 14.7. The highest BCUT2D eigenvalue weighted by Gasteiger charge is 2.34. The average molecular weight is 294 g/mol. The van der Waals surface area contributed by atoms with Gasteiger partial charge in [0.1, 0.15) is 0 Å². The van der Waals surface area contributed by atoms with Crippen LogP contribution in [0.25, 0.3) is 0 Å². The summed E-state index contributed by atoms with van der Waals surface area (Å²) in [6.45, 7) is 5.02. The number of hydrogen-bond donors (Lipinski definition) is 2.